The Morgan fingerprint density at radius 3 is 2.58 bits per heavy atom. The van der Waals surface area contributed by atoms with E-state index >= 15 is 0 Å². The molecule has 1 N–H and O–H groups in total. The molecule has 0 aliphatic heterocycles. The largest absolute Gasteiger partial charge is 0.336 e. The smallest absolute Gasteiger partial charge is 0.231 e. The molecule has 2 saturated carbocycles. The van der Waals surface area contributed by atoms with Crippen molar-refractivity contribution >= 4 is 39.6 Å². The first-order chi connectivity index (χ1) is 12.7. The normalized spacial score (nSPS) is 17.4. The monoisotopic (exact) mass is 389 g/mol. The van der Waals surface area contributed by atoms with Gasteiger partial charge in [-0.05, 0) is 37.1 Å². The Hall–Kier alpha value is -1.73. The third kappa shape index (κ3) is 4.32. The second-order valence-electron chi connectivity index (χ2n) is 7.10. The van der Waals surface area contributed by atoms with E-state index in [9.17, 15) is 9.59 Å². The molecule has 0 spiro atoms. The van der Waals surface area contributed by atoms with E-state index in [1.165, 1.54) is 24.2 Å². The fourth-order valence-electron chi connectivity index (χ4n) is 3.67. The summed E-state index contributed by atoms with van der Waals surface area (Å²) < 4.78 is 0. The van der Waals surface area contributed by atoms with Gasteiger partial charge in [-0.2, -0.15) is 0 Å². The van der Waals surface area contributed by atoms with Crippen molar-refractivity contribution in [2.75, 3.05) is 5.32 Å². The number of aromatic nitrogens is 1. The van der Waals surface area contributed by atoms with Gasteiger partial charge in [-0.3, -0.25) is 9.59 Å². The summed E-state index contributed by atoms with van der Waals surface area (Å²) >= 11 is 2.96. The van der Waals surface area contributed by atoms with Gasteiger partial charge in [0.05, 0.1) is 18.5 Å². The van der Waals surface area contributed by atoms with Gasteiger partial charge in [0.2, 0.25) is 11.8 Å². The van der Waals surface area contributed by atoms with Gasteiger partial charge in [0.1, 0.15) is 0 Å². The number of thiophene rings is 1. The molecule has 26 heavy (non-hydrogen) atoms. The minimum absolute atomic E-state index is 0.0646. The Balaban J connectivity index is 1.33. The molecule has 4 rings (SSSR count). The minimum atomic E-state index is -0.0646. The van der Waals surface area contributed by atoms with Crippen molar-refractivity contribution in [1.82, 2.24) is 9.88 Å². The first kappa shape index (κ1) is 17.7. The van der Waals surface area contributed by atoms with Crippen LogP contribution in [0.25, 0.3) is 0 Å². The molecule has 0 unspecified atom stereocenters. The van der Waals surface area contributed by atoms with Crippen LogP contribution < -0.4 is 5.32 Å². The molecule has 2 heterocycles. The summed E-state index contributed by atoms with van der Waals surface area (Å²) in [5, 5.41) is 7.27. The molecule has 2 aliphatic rings. The molecule has 2 amide bonds. The summed E-state index contributed by atoms with van der Waals surface area (Å²) in [5.74, 6) is 0.131. The highest BCUT2D eigenvalue weighted by atomic mass is 32.1. The van der Waals surface area contributed by atoms with E-state index in [-0.39, 0.29) is 11.8 Å². The van der Waals surface area contributed by atoms with Crippen LogP contribution in [0.15, 0.2) is 22.9 Å². The Bertz CT molecular complexity index is 762. The highest BCUT2D eigenvalue weighted by Gasteiger charge is 2.38. The van der Waals surface area contributed by atoms with E-state index < -0.39 is 0 Å². The maximum absolute atomic E-state index is 12.8. The van der Waals surface area contributed by atoms with Crippen molar-refractivity contribution < 1.29 is 9.59 Å². The Morgan fingerprint density at radius 2 is 1.88 bits per heavy atom. The van der Waals surface area contributed by atoms with E-state index in [2.05, 4.69) is 15.2 Å². The Morgan fingerprint density at radius 1 is 1.12 bits per heavy atom. The van der Waals surface area contributed by atoms with Gasteiger partial charge in [0.15, 0.2) is 5.13 Å². The van der Waals surface area contributed by atoms with E-state index in [0.29, 0.717) is 30.1 Å². The summed E-state index contributed by atoms with van der Waals surface area (Å²) in [7, 11) is 0. The lowest BCUT2D eigenvalue weighted by molar-refractivity contribution is -0.133. The second-order valence-corrected chi connectivity index (χ2v) is 8.99. The molecule has 2 fully saturated rings. The van der Waals surface area contributed by atoms with Crippen molar-refractivity contribution in [3.8, 4) is 0 Å². The highest BCUT2D eigenvalue weighted by molar-refractivity contribution is 7.14. The van der Waals surface area contributed by atoms with Crippen molar-refractivity contribution in [1.29, 1.82) is 0 Å². The van der Waals surface area contributed by atoms with Crippen LogP contribution in [0.1, 0.15) is 49.1 Å². The highest BCUT2D eigenvalue weighted by Crippen LogP contribution is 2.35. The van der Waals surface area contributed by atoms with E-state index in [1.54, 1.807) is 11.3 Å². The molecule has 0 bridgehead atoms. The van der Waals surface area contributed by atoms with Crippen LogP contribution >= 0.6 is 22.7 Å². The summed E-state index contributed by atoms with van der Waals surface area (Å²) in [6.07, 6.45) is 7.74. The maximum atomic E-state index is 12.8. The Labute approximate surface area is 161 Å². The number of hydrogen-bond acceptors (Lipinski definition) is 5. The average molecular weight is 390 g/mol. The van der Waals surface area contributed by atoms with Gasteiger partial charge in [-0.15, -0.1) is 22.7 Å². The lowest BCUT2D eigenvalue weighted by Gasteiger charge is -2.29. The zero-order valence-corrected chi connectivity index (χ0v) is 16.3. The number of carbonyl (C=O) groups excluding carboxylic acids is 2. The number of nitrogens with zero attached hydrogens (tertiary/aromatic N) is 2. The molecule has 2 aliphatic carbocycles. The van der Waals surface area contributed by atoms with Crippen LogP contribution in [0.5, 0.6) is 0 Å². The quantitative estimate of drug-likeness (QED) is 0.782. The zero-order valence-electron chi connectivity index (χ0n) is 14.6. The molecule has 0 atom stereocenters. The van der Waals surface area contributed by atoms with E-state index in [4.69, 9.17) is 0 Å². The summed E-state index contributed by atoms with van der Waals surface area (Å²) in [6.45, 7) is 0. The van der Waals surface area contributed by atoms with Crippen LogP contribution in [0.4, 0.5) is 5.13 Å². The van der Waals surface area contributed by atoms with Crippen molar-refractivity contribution in [2.45, 2.75) is 63.5 Å². The number of thiazole rings is 1. The second kappa shape index (κ2) is 7.88. The fraction of sp³-hybridized carbons (Fsp3) is 0.526. The standard InChI is InChI=1S/C19H23N3O2S2/c23-17(11-16-6-3-9-25-16)21-19-20-13(12-26-19)10-18(24)22(15-7-8-15)14-4-1-2-5-14/h3,6,9,12,14-15H,1-2,4-5,7-8,10-11H2,(H,20,21,23). The predicted molar refractivity (Wildman–Crippen MR) is 105 cm³/mol. The molecule has 0 aromatic carbocycles. The van der Waals surface area contributed by atoms with Crippen molar-refractivity contribution in [3.63, 3.8) is 0 Å². The molecule has 0 radical (unpaired) electrons. The number of amides is 2. The van der Waals surface area contributed by atoms with Crippen LogP contribution in [-0.2, 0) is 22.4 Å². The zero-order chi connectivity index (χ0) is 17.9. The third-order valence-electron chi connectivity index (χ3n) is 4.99. The molecule has 0 saturated heterocycles. The number of carbonyl (C=O) groups is 2. The van der Waals surface area contributed by atoms with Crippen LogP contribution in [0.3, 0.4) is 0 Å². The van der Waals surface area contributed by atoms with Gasteiger partial charge < -0.3 is 10.2 Å². The lowest BCUT2D eigenvalue weighted by Crippen LogP contribution is -2.41. The van der Waals surface area contributed by atoms with Gasteiger partial charge in [0, 0.05) is 22.3 Å². The number of nitrogens with one attached hydrogen (secondary N) is 1. The topological polar surface area (TPSA) is 62.3 Å². The van der Waals surface area contributed by atoms with Gasteiger partial charge in [-0.25, -0.2) is 4.98 Å². The van der Waals surface area contributed by atoms with Crippen molar-refractivity contribution in [3.05, 3.63) is 33.5 Å². The number of rotatable bonds is 7. The number of anilines is 1. The Kier molecular flexibility index (Phi) is 5.36. The predicted octanol–water partition coefficient (Wildman–Crippen LogP) is 3.86. The van der Waals surface area contributed by atoms with E-state index in [0.717, 1.165) is 36.3 Å². The van der Waals surface area contributed by atoms with Gasteiger partial charge in [0.25, 0.3) is 0 Å². The van der Waals surface area contributed by atoms with Crippen LogP contribution in [0, 0.1) is 0 Å². The molecule has 5 nitrogen and oxygen atoms in total. The van der Waals surface area contributed by atoms with Gasteiger partial charge in [-0.1, -0.05) is 18.9 Å². The molecular formula is C19H23N3O2S2. The first-order valence-electron chi connectivity index (χ1n) is 9.27. The summed E-state index contributed by atoms with van der Waals surface area (Å²) in [6, 6.07) is 4.77. The minimum Gasteiger partial charge on any atom is -0.336 e. The van der Waals surface area contributed by atoms with Crippen LogP contribution in [0.2, 0.25) is 0 Å². The molecule has 7 heteroatoms. The molecule has 2 aromatic heterocycles. The first-order valence-corrected chi connectivity index (χ1v) is 11.0. The maximum Gasteiger partial charge on any atom is 0.231 e. The SMILES string of the molecule is O=C(Cc1cccs1)Nc1nc(CC(=O)N(C2CCCC2)C2CC2)cs1. The summed E-state index contributed by atoms with van der Waals surface area (Å²) in [4.78, 5) is 32.5. The lowest BCUT2D eigenvalue weighted by atomic mass is 10.1. The average Bonchev–Trinajstić information content (AvgIpc) is 3.02. The number of hydrogen-bond donors (Lipinski definition) is 1. The fourth-order valence-corrected chi connectivity index (χ4v) is 5.10. The molecule has 2 aromatic rings. The summed E-state index contributed by atoms with van der Waals surface area (Å²) in [5.41, 5.74) is 0.759. The van der Waals surface area contributed by atoms with E-state index in [1.807, 2.05) is 22.9 Å². The molecular weight excluding hydrogens is 366 g/mol. The van der Waals surface area contributed by atoms with Gasteiger partial charge >= 0.3 is 0 Å². The van der Waals surface area contributed by atoms with Crippen molar-refractivity contribution in [2.24, 2.45) is 0 Å². The van der Waals surface area contributed by atoms with Crippen LogP contribution in [-0.4, -0.2) is 33.8 Å². The molecule has 138 valence electrons. The third-order valence-corrected chi connectivity index (χ3v) is 6.67.